The van der Waals surface area contributed by atoms with Crippen LogP contribution in [0.3, 0.4) is 0 Å². The minimum absolute atomic E-state index is 0.207. The number of nitrogens with zero attached hydrogens (tertiary/aromatic N) is 3. The fourth-order valence-electron chi connectivity index (χ4n) is 3.10. The van der Waals surface area contributed by atoms with Crippen LogP contribution in [-0.4, -0.2) is 39.6 Å². The maximum Gasteiger partial charge on any atom is 0.232 e. The molecule has 0 unspecified atom stereocenters. The third-order valence-electron chi connectivity index (χ3n) is 4.49. The Morgan fingerprint density at radius 1 is 1.16 bits per heavy atom. The van der Waals surface area contributed by atoms with Crippen molar-refractivity contribution < 1.29 is 4.79 Å². The minimum atomic E-state index is 0.207. The Kier molecular flexibility index (Phi) is 4.99. The lowest BCUT2D eigenvalue weighted by molar-refractivity contribution is -0.129. The van der Waals surface area contributed by atoms with Gasteiger partial charge in [0.05, 0.1) is 26.0 Å². The molecule has 1 aliphatic heterocycles. The second-order valence-corrected chi connectivity index (χ2v) is 8.19. The minimum Gasteiger partial charge on any atom is -0.342 e. The molecule has 0 N–H and O–H groups in total. The summed E-state index contributed by atoms with van der Waals surface area (Å²) >= 11 is 3.30. The quantitative estimate of drug-likeness (QED) is 0.647. The number of benzene rings is 1. The molecule has 1 aromatic carbocycles. The van der Waals surface area contributed by atoms with Crippen molar-refractivity contribution in [1.29, 1.82) is 0 Å². The van der Waals surface area contributed by atoms with Gasteiger partial charge < -0.3 is 4.90 Å². The number of pyridine rings is 1. The van der Waals surface area contributed by atoms with Gasteiger partial charge in [0.2, 0.25) is 5.91 Å². The van der Waals surface area contributed by atoms with Crippen LogP contribution in [0.4, 0.5) is 0 Å². The zero-order valence-electron chi connectivity index (χ0n) is 13.8. The lowest BCUT2D eigenvalue weighted by Gasteiger charge is -2.31. The smallest absolute Gasteiger partial charge is 0.232 e. The molecular weight excluding hydrogens is 350 g/mol. The predicted molar refractivity (Wildman–Crippen MR) is 103 cm³/mol. The molecular formula is C19H19N3OS2. The van der Waals surface area contributed by atoms with Crippen LogP contribution in [0.25, 0.3) is 10.2 Å². The first kappa shape index (κ1) is 16.5. The summed E-state index contributed by atoms with van der Waals surface area (Å²) in [5, 5.41) is 2.12. The van der Waals surface area contributed by atoms with Gasteiger partial charge in [-0.2, -0.15) is 0 Å². The highest BCUT2D eigenvalue weighted by Gasteiger charge is 2.25. The highest BCUT2D eigenvalue weighted by Crippen LogP contribution is 2.34. The van der Waals surface area contributed by atoms with Gasteiger partial charge in [-0.3, -0.25) is 4.79 Å². The fraction of sp³-hybridized carbons (Fsp3) is 0.316. The number of aromatic nitrogens is 2. The van der Waals surface area contributed by atoms with Crippen LogP contribution >= 0.6 is 23.1 Å². The normalized spacial score (nSPS) is 15.6. The number of thiazole rings is 1. The molecule has 1 amide bonds. The van der Waals surface area contributed by atoms with Gasteiger partial charge >= 0.3 is 0 Å². The number of piperidine rings is 1. The molecule has 1 fully saturated rings. The predicted octanol–water partition coefficient (Wildman–Crippen LogP) is 4.19. The fourth-order valence-corrected chi connectivity index (χ4v) is 5.00. The van der Waals surface area contributed by atoms with Crippen molar-refractivity contribution in [3.05, 3.63) is 53.7 Å². The lowest BCUT2D eigenvalue weighted by atomic mass is 9.97. The molecule has 1 saturated heterocycles. The van der Waals surface area contributed by atoms with E-state index in [0.717, 1.165) is 36.5 Å². The molecule has 3 heterocycles. The Bertz CT molecular complexity index is 824. The highest BCUT2D eigenvalue weighted by molar-refractivity contribution is 7.99. The number of para-hydroxylation sites is 1. The maximum atomic E-state index is 12.4. The summed E-state index contributed by atoms with van der Waals surface area (Å²) in [4.78, 5) is 23.4. The van der Waals surface area contributed by atoms with E-state index in [0.29, 0.717) is 11.7 Å². The van der Waals surface area contributed by atoms with E-state index >= 15 is 0 Å². The summed E-state index contributed by atoms with van der Waals surface area (Å²) in [6, 6.07) is 14.1. The van der Waals surface area contributed by atoms with Crippen molar-refractivity contribution >= 4 is 39.2 Å². The first-order valence-electron chi connectivity index (χ1n) is 8.47. The second-order valence-electron chi connectivity index (χ2n) is 6.13. The summed E-state index contributed by atoms with van der Waals surface area (Å²) in [7, 11) is 0. The van der Waals surface area contributed by atoms with E-state index in [1.807, 2.05) is 29.2 Å². The van der Waals surface area contributed by atoms with Crippen LogP contribution in [0.1, 0.15) is 23.8 Å². The summed E-state index contributed by atoms with van der Waals surface area (Å²) < 4.78 is 1.25. The zero-order valence-corrected chi connectivity index (χ0v) is 15.4. The van der Waals surface area contributed by atoms with E-state index in [4.69, 9.17) is 4.98 Å². The van der Waals surface area contributed by atoms with Crippen LogP contribution in [0.15, 0.2) is 53.7 Å². The molecule has 3 aromatic rings. The molecule has 0 spiro atoms. The van der Waals surface area contributed by atoms with Gasteiger partial charge in [-0.05, 0) is 37.1 Å². The molecule has 0 saturated carbocycles. The van der Waals surface area contributed by atoms with Crippen molar-refractivity contribution in [2.75, 3.05) is 18.8 Å². The van der Waals surface area contributed by atoms with E-state index in [-0.39, 0.29) is 5.91 Å². The largest absolute Gasteiger partial charge is 0.342 e. The average Bonchev–Trinajstić information content (AvgIpc) is 3.11. The van der Waals surface area contributed by atoms with Crippen molar-refractivity contribution in [2.24, 2.45) is 0 Å². The van der Waals surface area contributed by atoms with Crippen molar-refractivity contribution in [3.63, 3.8) is 0 Å². The van der Waals surface area contributed by atoms with Crippen LogP contribution < -0.4 is 0 Å². The van der Waals surface area contributed by atoms with E-state index < -0.39 is 0 Å². The topological polar surface area (TPSA) is 46.1 Å². The number of carbonyl (C=O) groups is 1. The average molecular weight is 370 g/mol. The third-order valence-corrected chi connectivity index (χ3v) is 6.62. The van der Waals surface area contributed by atoms with E-state index in [2.05, 4.69) is 23.2 Å². The molecule has 4 nitrogen and oxygen atoms in total. The van der Waals surface area contributed by atoms with Crippen molar-refractivity contribution in [3.8, 4) is 0 Å². The molecule has 0 atom stereocenters. The number of amides is 1. The number of fused-ring (bicyclic) bond motifs is 1. The molecule has 128 valence electrons. The first-order valence-corrected chi connectivity index (χ1v) is 10.3. The third kappa shape index (κ3) is 3.85. The molecule has 0 bridgehead atoms. The Labute approximate surface area is 155 Å². The maximum absolute atomic E-state index is 12.4. The van der Waals surface area contributed by atoms with Gasteiger partial charge in [0.1, 0.15) is 0 Å². The van der Waals surface area contributed by atoms with Gasteiger partial charge in [-0.15, -0.1) is 11.3 Å². The van der Waals surface area contributed by atoms with Gasteiger partial charge in [0.15, 0.2) is 0 Å². The van der Waals surface area contributed by atoms with Gasteiger partial charge in [0, 0.05) is 25.2 Å². The summed E-state index contributed by atoms with van der Waals surface area (Å²) in [5.41, 5.74) is 1.09. The van der Waals surface area contributed by atoms with Crippen molar-refractivity contribution in [1.82, 2.24) is 14.9 Å². The van der Waals surface area contributed by atoms with Gasteiger partial charge in [0.25, 0.3) is 0 Å². The Morgan fingerprint density at radius 3 is 2.72 bits per heavy atom. The van der Waals surface area contributed by atoms with Crippen LogP contribution in [0, 0.1) is 0 Å². The number of thioether (sulfide) groups is 1. The first-order chi connectivity index (χ1) is 12.3. The SMILES string of the molecule is O=C(CSc1ccccn1)N1CCC(c2nc3ccccc3s2)CC1. The molecule has 6 heteroatoms. The molecule has 0 aliphatic carbocycles. The molecule has 1 aliphatic rings. The van der Waals surface area contributed by atoms with Gasteiger partial charge in [-0.1, -0.05) is 30.0 Å². The Hall–Kier alpha value is -1.92. The highest BCUT2D eigenvalue weighted by atomic mass is 32.2. The van der Waals surface area contributed by atoms with Crippen molar-refractivity contribution in [2.45, 2.75) is 23.8 Å². The number of hydrogen-bond donors (Lipinski definition) is 0. The van der Waals surface area contributed by atoms with Gasteiger partial charge in [-0.25, -0.2) is 9.97 Å². The summed E-state index contributed by atoms with van der Waals surface area (Å²) in [6.07, 6.45) is 3.76. The number of carbonyl (C=O) groups excluding carboxylic acids is 1. The molecule has 4 rings (SSSR count). The molecule has 25 heavy (non-hydrogen) atoms. The van der Waals surface area contributed by atoms with Crippen LogP contribution in [0.5, 0.6) is 0 Å². The standard InChI is InChI=1S/C19H19N3OS2/c23-18(13-24-17-7-3-4-10-20-17)22-11-8-14(9-12-22)19-21-15-5-1-2-6-16(15)25-19/h1-7,10,14H,8-9,11-13H2. The monoisotopic (exact) mass is 369 g/mol. The van der Waals surface area contributed by atoms with E-state index in [1.165, 1.54) is 21.5 Å². The zero-order chi connectivity index (χ0) is 17.1. The lowest BCUT2D eigenvalue weighted by Crippen LogP contribution is -2.38. The van der Waals surface area contributed by atoms with Crippen LogP contribution in [-0.2, 0) is 4.79 Å². The Balaban J connectivity index is 1.32. The summed E-state index contributed by atoms with van der Waals surface area (Å²) in [6.45, 7) is 1.64. The second kappa shape index (κ2) is 7.54. The summed E-state index contributed by atoms with van der Waals surface area (Å²) in [5.74, 6) is 1.14. The number of hydrogen-bond acceptors (Lipinski definition) is 5. The number of rotatable bonds is 4. The van der Waals surface area contributed by atoms with E-state index in [1.54, 1.807) is 17.5 Å². The van der Waals surface area contributed by atoms with E-state index in [9.17, 15) is 4.79 Å². The van der Waals surface area contributed by atoms with Crippen LogP contribution in [0.2, 0.25) is 0 Å². The number of likely N-dealkylation sites (tertiary alicyclic amines) is 1. The molecule has 0 radical (unpaired) electrons. The molecule has 2 aromatic heterocycles. The Morgan fingerprint density at radius 2 is 1.96 bits per heavy atom.